The molecule has 0 aliphatic rings. The molecule has 7 nitrogen and oxygen atoms in total. The third-order valence-corrected chi connectivity index (χ3v) is 0. The van der Waals surface area contributed by atoms with Crippen LogP contribution in [0.15, 0.2) is 0 Å². The molecule has 0 aliphatic carbocycles. The zero-order valence-corrected chi connectivity index (χ0v) is 6.34. The summed E-state index contributed by atoms with van der Waals surface area (Å²) in [4.78, 5) is 24.2. The number of hydrogen-bond donors (Lipinski definition) is 1. The normalized spacial score (nSPS) is 4.00. The van der Waals surface area contributed by atoms with E-state index in [4.69, 9.17) is 14.7 Å². The van der Waals surface area contributed by atoms with Crippen LogP contribution in [0.2, 0.25) is 0 Å². The Morgan fingerprint density at radius 2 is 0.889 bits per heavy atom. The topological polar surface area (TPSA) is 192 Å². The van der Waals surface area contributed by atoms with Gasteiger partial charge in [0, 0.05) is 0 Å². The van der Waals surface area contributed by atoms with Gasteiger partial charge in [-0.25, -0.2) is 0 Å². The van der Waals surface area contributed by atoms with Crippen molar-refractivity contribution in [1.82, 2.24) is 0 Å². The van der Waals surface area contributed by atoms with Gasteiger partial charge in [0.1, 0.15) is 0 Å². The molecule has 0 aromatic carbocycles. The monoisotopic (exact) mass is 179 g/mol. The molecule has 0 heterocycles. The predicted octanol–water partition coefficient (Wildman–Crippen LogP) is -5.75. The summed E-state index contributed by atoms with van der Waals surface area (Å²) in [5, 5.41) is 0. The fraction of sp³-hybridized carbons (Fsp3) is 0. The quantitative estimate of drug-likeness (QED) is 0.286. The average molecular weight is 179 g/mol. The van der Waals surface area contributed by atoms with Crippen LogP contribution >= 0.6 is 8.60 Å². The molecule has 9 heteroatoms. The van der Waals surface area contributed by atoms with Crippen LogP contribution in [0.25, 0.3) is 0 Å². The molecule has 0 saturated carbocycles. The molecule has 0 saturated heterocycles. The smallest absolute Gasteiger partial charge is 0.820 e. The average Bonchev–Trinajstić information content (AvgIpc) is 0.811. The molecule has 58 valence electrons. The van der Waals surface area contributed by atoms with Crippen molar-refractivity contribution in [2.75, 3.05) is 0 Å². The Kier molecular flexibility index (Phi) is 226. The Balaban J connectivity index is -0.00000000450. The standard InChI is InChI=1S/Al.HO3P.4H2O/c;1-4(2)3;;;;/h;1H;4*1H2/q+3;-2;;;;. The molecule has 0 atom stereocenters. The van der Waals surface area contributed by atoms with E-state index in [0.29, 0.717) is 0 Å². The van der Waals surface area contributed by atoms with E-state index in [0.717, 1.165) is 0 Å². The molecule has 0 fully saturated rings. The van der Waals surface area contributed by atoms with Gasteiger partial charge in [-0.3, -0.25) is 0 Å². The largest absolute Gasteiger partial charge is 3.00 e. The minimum Gasteiger partial charge on any atom is -0.820 e. The van der Waals surface area contributed by atoms with Crippen LogP contribution in [-0.4, -0.2) is 44.2 Å². The summed E-state index contributed by atoms with van der Waals surface area (Å²) in [7, 11) is -3.12. The van der Waals surface area contributed by atoms with E-state index >= 15 is 0 Å². The molecular formula is H9AlO7P+. The first kappa shape index (κ1) is 53.8. The predicted molar refractivity (Wildman–Crippen MR) is 29.3 cm³/mol. The van der Waals surface area contributed by atoms with E-state index in [1.807, 2.05) is 0 Å². The zero-order valence-electron chi connectivity index (χ0n) is 4.29. The second kappa shape index (κ2) is 37.8. The summed E-state index contributed by atoms with van der Waals surface area (Å²) in [6, 6.07) is 0. The van der Waals surface area contributed by atoms with Crippen molar-refractivity contribution in [3.63, 3.8) is 0 Å². The molecule has 0 radical (unpaired) electrons. The van der Waals surface area contributed by atoms with Gasteiger partial charge in [0.15, 0.2) is 0 Å². The van der Waals surface area contributed by atoms with Crippen molar-refractivity contribution in [3.8, 4) is 0 Å². The van der Waals surface area contributed by atoms with Crippen molar-refractivity contribution >= 4 is 26.0 Å². The Morgan fingerprint density at radius 1 is 0.889 bits per heavy atom. The molecule has 0 rings (SSSR count). The van der Waals surface area contributed by atoms with Gasteiger partial charge in [0.25, 0.3) is 0 Å². The molecule has 0 aromatic heterocycles. The van der Waals surface area contributed by atoms with Gasteiger partial charge in [-0.1, -0.05) is 0 Å². The first-order valence-corrected chi connectivity index (χ1v) is 1.70. The maximum atomic E-state index is 8.59. The van der Waals surface area contributed by atoms with Gasteiger partial charge >= 0.3 is 17.4 Å². The van der Waals surface area contributed by atoms with Gasteiger partial charge in [-0.05, 0) is 0 Å². The van der Waals surface area contributed by atoms with Crippen molar-refractivity contribution < 1.29 is 36.6 Å². The summed E-state index contributed by atoms with van der Waals surface area (Å²) in [5.74, 6) is 0. The van der Waals surface area contributed by atoms with E-state index in [1.54, 1.807) is 0 Å². The van der Waals surface area contributed by atoms with Crippen LogP contribution in [-0.2, 0) is 0 Å². The van der Waals surface area contributed by atoms with Crippen LogP contribution in [0.4, 0.5) is 0 Å². The summed E-state index contributed by atoms with van der Waals surface area (Å²) in [6.07, 6.45) is 0. The van der Waals surface area contributed by atoms with Gasteiger partial charge < -0.3 is 36.6 Å². The van der Waals surface area contributed by atoms with Crippen molar-refractivity contribution in [2.24, 2.45) is 0 Å². The zero-order chi connectivity index (χ0) is 3.58. The van der Waals surface area contributed by atoms with E-state index in [9.17, 15) is 0 Å². The van der Waals surface area contributed by atoms with Crippen LogP contribution in [0.5, 0.6) is 0 Å². The molecule has 0 aliphatic heterocycles. The van der Waals surface area contributed by atoms with Gasteiger partial charge in [0.05, 0.1) is 0 Å². The molecule has 0 bridgehead atoms. The van der Waals surface area contributed by atoms with E-state index < -0.39 is 8.60 Å². The third-order valence-electron chi connectivity index (χ3n) is 0. The maximum Gasteiger partial charge on any atom is 3.00 e. The van der Waals surface area contributed by atoms with Crippen LogP contribution in [0, 0.1) is 0 Å². The van der Waals surface area contributed by atoms with Crippen molar-refractivity contribution in [1.29, 1.82) is 0 Å². The Bertz CT molecular complexity index is 13.6. The fourth-order valence-corrected chi connectivity index (χ4v) is 0. The maximum absolute atomic E-state index is 8.59. The molecule has 0 spiro atoms. The summed E-state index contributed by atoms with van der Waals surface area (Å²) in [6.45, 7) is 0. The third kappa shape index (κ3) is 832. The van der Waals surface area contributed by atoms with Gasteiger partial charge in [0.2, 0.25) is 0 Å². The summed E-state index contributed by atoms with van der Waals surface area (Å²) in [5.41, 5.74) is 0. The molecule has 0 aromatic rings. The molecule has 0 unspecified atom stereocenters. The Morgan fingerprint density at radius 3 is 0.889 bits per heavy atom. The van der Waals surface area contributed by atoms with Crippen molar-refractivity contribution in [3.05, 3.63) is 0 Å². The fourth-order valence-electron chi connectivity index (χ4n) is 0. The van der Waals surface area contributed by atoms with Crippen molar-refractivity contribution in [2.45, 2.75) is 0 Å². The van der Waals surface area contributed by atoms with Crippen LogP contribution in [0.3, 0.4) is 0 Å². The molecule has 9 heavy (non-hydrogen) atoms. The van der Waals surface area contributed by atoms with E-state index in [1.165, 1.54) is 0 Å². The molecular weight excluding hydrogens is 170 g/mol. The first-order chi connectivity index (χ1) is 1.73. The number of rotatable bonds is 0. The minimum absolute atomic E-state index is 0. The molecule has 9 N–H and O–H groups in total. The Hall–Kier alpha value is 0.682. The minimum atomic E-state index is -3.12. The van der Waals surface area contributed by atoms with E-state index in [-0.39, 0.29) is 39.3 Å². The Labute approximate surface area is 63.3 Å². The number of hydrogen-bond acceptors (Lipinski definition) is 3. The SMILES string of the molecule is O.O.O.O.[Al+3].[O-]P([O-])O. The molecule has 0 amide bonds. The summed E-state index contributed by atoms with van der Waals surface area (Å²) < 4.78 is 0. The second-order valence-corrected chi connectivity index (χ2v) is 0.714. The first-order valence-electron chi connectivity index (χ1n) is 0.565. The van der Waals surface area contributed by atoms with Gasteiger partial charge in [-0.15, -0.1) is 0 Å². The second-order valence-electron chi connectivity index (χ2n) is 0.238. The van der Waals surface area contributed by atoms with E-state index in [2.05, 4.69) is 0 Å². The van der Waals surface area contributed by atoms with Gasteiger partial charge in [-0.2, -0.15) is 8.60 Å². The van der Waals surface area contributed by atoms with Crippen LogP contribution in [0.1, 0.15) is 0 Å². The van der Waals surface area contributed by atoms with Crippen LogP contribution < -0.4 is 9.79 Å². The summed E-state index contributed by atoms with van der Waals surface area (Å²) >= 11 is 0.